The molecule has 2 aromatic rings. The van der Waals surface area contributed by atoms with Crippen LogP contribution in [0.15, 0.2) is 60.7 Å². The van der Waals surface area contributed by atoms with Crippen LogP contribution in [-0.2, 0) is 11.2 Å². The van der Waals surface area contributed by atoms with Crippen LogP contribution < -0.4 is 21.5 Å². The summed E-state index contributed by atoms with van der Waals surface area (Å²) in [5.41, 5.74) is 6.75. The van der Waals surface area contributed by atoms with E-state index in [9.17, 15) is 9.59 Å². The number of amides is 2. The number of nitrogens with one attached hydrogen (secondary N) is 4. The minimum absolute atomic E-state index is 0.304. The van der Waals surface area contributed by atoms with Gasteiger partial charge in [-0.1, -0.05) is 68.3 Å². The fourth-order valence-electron chi connectivity index (χ4n) is 2.72. The molecule has 0 saturated carbocycles. The molecule has 0 fully saturated rings. The molecule has 1 atom stereocenters. The summed E-state index contributed by atoms with van der Waals surface area (Å²) in [7, 11) is 0. The van der Waals surface area contributed by atoms with Crippen LogP contribution in [0.4, 0.5) is 0 Å². The van der Waals surface area contributed by atoms with Crippen LogP contribution in [-0.4, -0.2) is 29.5 Å². The Morgan fingerprint density at radius 2 is 1.59 bits per heavy atom. The fourth-order valence-corrected chi connectivity index (χ4v) is 2.87. The molecule has 0 aliphatic rings. The van der Waals surface area contributed by atoms with Crippen LogP contribution in [0.1, 0.15) is 42.1 Å². The van der Waals surface area contributed by atoms with Gasteiger partial charge in [-0.3, -0.25) is 20.4 Å². The second-order valence-electron chi connectivity index (χ2n) is 6.66. The number of hydrogen-bond acceptors (Lipinski definition) is 3. The molecule has 29 heavy (non-hydrogen) atoms. The van der Waals surface area contributed by atoms with E-state index >= 15 is 0 Å². The zero-order valence-corrected chi connectivity index (χ0v) is 17.4. The molecule has 6 nitrogen and oxygen atoms in total. The Morgan fingerprint density at radius 3 is 2.24 bits per heavy atom. The molecule has 0 aliphatic heterocycles. The SMILES string of the molecule is CCCCCNC(=S)NNC(=O)[C@H](Cc1ccccc1)NC(=O)c1ccccc1. The average Bonchev–Trinajstić information content (AvgIpc) is 2.76. The van der Waals surface area contributed by atoms with Crippen LogP contribution in [0.2, 0.25) is 0 Å². The second kappa shape index (κ2) is 12.5. The minimum atomic E-state index is -0.750. The van der Waals surface area contributed by atoms with Crippen LogP contribution >= 0.6 is 12.2 Å². The highest BCUT2D eigenvalue weighted by Crippen LogP contribution is 2.05. The first-order valence-corrected chi connectivity index (χ1v) is 10.2. The van der Waals surface area contributed by atoms with Crippen molar-refractivity contribution in [3.63, 3.8) is 0 Å². The maximum Gasteiger partial charge on any atom is 0.261 e. The lowest BCUT2D eigenvalue weighted by Crippen LogP contribution is -2.55. The van der Waals surface area contributed by atoms with Gasteiger partial charge in [0.2, 0.25) is 0 Å². The van der Waals surface area contributed by atoms with Crippen molar-refractivity contribution < 1.29 is 9.59 Å². The van der Waals surface area contributed by atoms with Crippen LogP contribution in [0.3, 0.4) is 0 Å². The van der Waals surface area contributed by atoms with Gasteiger partial charge >= 0.3 is 0 Å². The van der Waals surface area contributed by atoms with Gasteiger partial charge in [0.05, 0.1) is 0 Å². The molecule has 0 aromatic heterocycles. The first kappa shape index (κ1) is 22.4. The lowest BCUT2D eigenvalue weighted by atomic mass is 10.0. The van der Waals surface area contributed by atoms with Crippen LogP contribution in [0.25, 0.3) is 0 Å². The summed E-state index contributed by atoms with van der Waals surface area (Å²) in [6.07, 6.45) is 3.62. The lowest BCUT2D eigenvalue weighted by Gasteiger charge is -2.20. The molecule has 0 aliphatic carbocycles. The number of rotatable bonds is 9. The second-order valence-corrected chi connectivity index (χ2v) is 7.07. The van der Waals surface area contributed by atoms with E-state index in [1.807, 2.05) is 36.4 Å². The minimum Gasteiger partial charge on any atom is -0.361 e. The molecule has 154 valence electrons. The summed E-state index contributed by atoms with van der Waals surface area (Å²) >= 11 is 5.18. The molecule has 2 aromatic carbocycles. The average molecular weight is 413 g/mol. The Bertz CT molecular complexity index is 784. The Hall–Kier alpha value is -2.93. The fraction of sp³-hybridized carbons (Fsp3) is 0.318. The molecule has 0 unspecified atom stereocenters. The maximum atomic E-state index is 12.7. The third-order valence-electron chi connectivity index (χ3n) is 4.31. The van der Waals surface area contributed by atoms with Crippen molar-refractivity contribution in [2.75, 3.05) is 6.54 Å². The van der Waals surface area contributed by atoms with Crippen LogP contribution in [0.5, 0.6) is 0 Å². The van der Waals surface area contributed by atoms with Gasteiger partial charge in [0, 0.05) is 18.5 Å². The van der Waals surface area contributed by atoms with Gasteiger partial charge in [0.15, 0.2) is 5.11 Å². The summed E-state index contributed by atoms with van der Waals surface area (Å²) in [6.45, 7) is 2.88. The van der Waals surface area contributed by atoms with Crippen molar-refractivity contribution in [1.82, 2.24) is 21.5 Å². The van der Waals surface area contributed by atoms with E-state index in [0.717, 1.165) is 31.4 Å². The number of carbonyl (C=O) groups is 2. The molecule has 0 spiro atoms. The van der Waals surface area contributed by atoms with Crippen molar-refractivity contribution >= 4 is 29.1 Å². The Morgan fingerprint density at radius 1 is 0.931 bits per heavy atom. The molecule has 4 N–H and O–H groups in total. The predicted octanol–water partition coefficient (Wildman–Crippen LogP) is 2.71. The largest absolute Gasteiger partial charge is 0.361 e. The predicted molar refractivity (Wildman–Crippen MR) is 119 cm³/mol. The number of hydrazine groups is 1. The maximum absolute atomic E-state index is 12.7. The van der Waals surface area contributed by atoms with Crippen molar-refractivity contribution in [2.45, 2.75) is 38.6 Å². The zero-order chi connectivity index (χ0) is 20.9. The van der Waals surface area contributed by atoms with E-state index in [1.165, 1.54) is 0 Å². The van der Waals surface area contributed by atoms with Gasteiger partial charge in [0.25, 0.3) is 11.8 Å². The quantitative estimate of drug-likeness (QED) is 0.289. The van der Waals surface area contributed by atoms with Gasteiger partial charge in [-0.2, -0.15) is 0 Å². The van der Waals surface area contributed by atoms with Crippen molar-refractivity contribution in [2.24, 2.45) is 0 Å². The normalized spacial score (nSPS) is 11.2. The molecular formula is C22H28N4O2S. The topological polar surface area (TPSA) is 82.3 Å². The summed E-state index contributed by atoms with van der Waals surface area (Å²) in [6, 6.07) is 17.6. The standard InChI is InChI=1S/C22H28N4O2S/c1-2-3-10-15-23-22(29)26-25-21(28)19(16-17-11-6-4-7-12-17)24-20(27)18-13-8-5-9-14-18/h4-9,11-14,19H,2-3,10,15-16H2,1H3,(H,24,27)(H,25,28)(H2,23,26,29)/t19-/m0/s1. The smallest absolute Gasteiger partial charge is 0.261 e. The Kier molecular flexibility index (Phi) is 9.65. The summed E-state index contributed by atoms with van der Waals surface area (Å²) in [5, 5.41) is 6.21. The van der Waals surface area contributed by atoms with E-state index in [0.29, 0.717) is 17.1 Å². The number of hydrogen-bond donors (Lipinski definition) is 4. The first-order valence-electron chi connectivity index (χ1n) is 9.83. The summed E-state index contributed by atoms with van der Waals surface area (Å²) in [5.74, 6) is -0.669. The van der Waals surface area contributed by atoms with E-state index in [2.05, 4.69) is 28.4 Å². The Balaban J connectivity index is 1.95. The van der Waals surface area contributed by atoms with Gasteiger partial charge in [-0.25, -0.2) is 0 Å². The highest BCUT2D eigenvalue weighted by Gasteiger charge is 2.22. The first-order chi connectivity index (χ1) is 14.1. The number of thiocarbonyl (C=S) groups is 1. The molecule has 7 heteroatoms. The number of benzene rings is 2. The van der Waals surface area contributed by atoms with Gasteiger partial charge in [0.1, 0.15) is 6.04 Å². The Labute approximate surface area is 177 Å². The molecule has 2 amide bonds. The van der Waals surface area contributed by atoms with E-state index in [1.54, 1.807) is 24.3 Å². The van der Waals surface area contributed by atoms with E-state index < -0.39 is 6.04 Å². The molecular weight excluding hydrogens is 384 g/mol. The highest BCUT2D eigenvalue weighted by molar-refractivity contribution is 7.80. The third kappa shape index (κ3) is 8.31. The van der Waals surface area contributed by atoms with E-state index in [4.69, 9.17) is 12.2 Å². The van der Waals surface area contributed by atoms with Crippen LogP contribution in [0, 0.1) is 0 Å². The molecule has 0 heterocycles. The van der Waals surface area contributed by atoms with E-state index in [-0.39, 0.29) is 11.8 Å². The number of unbranched alkanes of at least 4 members (excludes halogenated alkanes) is 2. The molecule has 0 radical (unpaired) electrons. The van der Waals surface area contributed by atoms with Gasteiger partial charge in [-0.15, -0.1) is 0 Å². The third-order valence-corrected chi connectivity index (χ3v) is 4.55. The van der Waals surface area contributed by atoms with Crippen molar-refractivity contribution in [3.05, 3.63) is 71.8 Å². The molecule has 0 saturated heterocycles. The lowest BCUT2D eigenvalue weighted by molar-refractivity contribution is -0.123. The van der Waals surface area contributed by atoms with Crippen molar-refractivity contribution in [3.8, 4) is 0 Å². The summed E-state index contributed by atoms with van der Waals surface area (Å²) in [4.78, 5) is 25.3. The molecule has 0 bridgehead atoms. The monoisotopic (exact) mass is 412 g/mol. The highest BCUT2D eigenvalue weighted by atomic mass is 32.1. The summed E-state index contributed by atoms with van der Waals surface area (Å²) < 4.78 is 0. The van der Waals surface area contributed by atoms with Gasteiger partial charge in [-0.05, 0) is 36.3 Å². The molecule has 2 rings (SSSR count). The van der Waals surface area contributed by atoms with Crippen molar-refractivity contribution in [1.29, 1.82) is 0 Å². The zero-order valence-electron chi connectivity index (χ0n) is 16.6. The number of carbonyl (C=O) groups excluding carboxylic acids is 2. The van der Waals surface area contributed by atoms with Gasteiger partial charge < -0.3 is 10.6 Å².